The zero-order chi connectivity index (χ0) is 15.6. The zero-order valence-corrected chi connectivity index (χ0v) is 13.7. The molecular weight excluding hydrogens is 380 g/mol. The van der Waals surface area contributed by atoms with Crippen LogP contribution in [0.3, 0.4) is 0 Å². The van der Waals surface area contributed by atoms with Gasteiger partial charge in [-0.05, 0) is 36.4 Å². The molecule has 5 nitrogen and oxygen atoms in total. The molecule has 21 heavy (non-hydrogen) atoms. The van der Waals surface area contributed by atoms with Gasteiger partial charge in [-0.1, -0.05) is 33.6 Å². The summed E-state index contributed by atoms with van der Waals surface area (Å²) in [5.74, 6) is -0.412. The molecule has 0 saturated carbocycles. The van der Waals surface area contributed by atoms with Gasteiger partial charge >= 0.3 is 0 Å². The van der Waals surface area contributed by atoms with Crippen molar-refractivity contribution in [2.45, 2.75) is 4.90 Å². The Kier molecular flexibility index (Phi) is 4.67. The highest BCUT2D eigenvalue weighted by molar-refractivity contribution is 9.10. The van der Waals surface area contributed by atoms with Crippen molar-refractivity contribution >= 4 is 49.1 Å². The second-order valence-electron chi connectivity index (χ2n) is 4.19. The zero-order valence-electron chi connectivity index (χ0n) is 10.5. The van der Waals surface area contributed by atoms with Crippen molar-refractivity contribution in [3.8, 4) is 0 Å². The van der Waals surface area contributed by atoms with Crippen molar-refractivity contribution in [2.24, 2.45) is 5.14 Å². The number of halogens is 2. The average molecular weight is 390 g/mol. The third-order valence-electron chi connectivity index (χ3n) is 2.55. The van der Waals surface area contributed by atoms with Crippen LogP contribution in [0.5, 0.6) is 0 Å². The minimum atomic E-state index is -3.82. The highest BCUT2D eigenvalue weighted by Gasteiger charge is 2.11. The lowest BCUT2D eigenvalue weighted by atomic mass is 10.2. The summed E-state index contributed by atoms with van der Waals surface area (Å²) in [4.78, 5) is 12.0. The number of nitrogens with one attached hydrogen (secondary N) is 1. The fraction of sp³-hybridized carbons (Fsp3) is 0. The number of sulfonamides is 1. The minimum Gasteiger partial charge on any atom is -0.322 e. The molecular formula is C13H10BrClN2O3S. The molecule has 0 aliphatic rings. The molecule has 0 saturated heterocycles. The summed E-state index contributed by atoms with van der Waals surface area (Å²) in [5, 5.41) is 8.04. The molecule has 0 spiro atoms. The van der Waals surface area contributed by atoms with Crippen molar-refractivity contribution < 1.29 is 13.2 Å². The normalized spacial score (nSPS) is 11.2. The van der Waals surface area contributed by atoms with E-state index in [0.29, 0.717) is 20.7 Å². The molecule has 3 N–H and O–H groups in total. The third-order valence-corrected chi connectivity index (χ3v) is 4.13. The molecule has 2 aromatic carbocycles. The summed E-state index contributed by atoms with van der Waals surface area (Å²) < 4.78 is 23.2. The Morgan fingerprint density at radius 1 is 1.19 bits per heavy atom. The van der Waals surface area contributed by atoms with E-state index in [9.17, 15) is 13.2 Å². The number of hydrogen-bond acceptors (Lipinski definition) is 3. The van der Waals surface area contributed by atoms with Crippen molar-refractivity contribution in [1.29, 1.82) is 0 Å². The maximum atomic E-state index is 12.1. The number of hydrogen-bond donors (Lipinski definition) is 2. The van der Waals surface area contributed by atoms with E-state index in [0.717, 1.165) is 0 Å². The van der Waals surface area contributed by atoms with Gasteiger partial charge in [0, 0.05) is 20.7 Å². The van der Waals surface area contributed by atoms with E-state index in [4.69, 9.17) is 16.7 Å². The molecule has 0 aliphatic heterocycles. The van der Waals surface area contributed by atoms with Crippen LogP contribution in [0, 0.1) is 0 Å². The number of rotatable bonds is 3. The third kappa shape index (κ3) is 4.28. The van der Waals surface area contributed by atoms with Gasteiger partial charge in [0.2, 0.25) is 10.0 Å². The molecule has 1 amide bonds. The van der Waals surface area contributed by atoms with Crippen LogP contribution < -0.4 is 10.5 Å². The number of nitrogens with two attached hydrogens (primary N) is 1. The van der Waals surface area contributed by atoms with E-state index in [1.807, 2.05) is 0 Å². The highest BCUT2D eigenvalue weighted by Crippen LogP contribution is 2.21. The van der Waals surface area contributed by atoms with Crippen LogP contribution in [0.4, 0.5) is 5.69 Å². The number of carbonyl (C=O) groups is 1. The van der Waals surface area contributed by atoms with E-state index in [2.05, 4.69) is 21.2 Å². The monoisotopic (exact) mass is 388 g/mol. The Hall–Kier alpha value is -1.41. The molecule has 0 fully saturated rings. The quantitative estimate of drug-likeness (QED) is 0.845. The first-order chi connectivity index (χ1) is 9.75. The van der Waals surface area contributed by atoms with Crippen LogP contribution in [0.1, 0.15) is 10.4 Å². The molecule has 0 atom stereocenters. The van der Waals surface area contributed by atoms with Crippen LogP contribution in [0.2, 0.25) is 5.02 Å². The molecule has 0 radical (unpaired) electrons. The summed E-state index contributed by atoms with van der Waals surface area (Å²) in [6.45, 7) is 0. The molecule has 0 aromatic heterocycles. The molecule has 0 heterocycles. The van der Waals surface area contributed by atoms with Gasteiger partial charge in [-0.25, -0.2) is 13.6 Å². The Balaban J connectivity index is 2.28. The summed E-state index contributed by atoms with van der Waals surface area (Å²) in [7, 11) is -3.82. The summed E-state index contributed by atoms with van der Waals surface area (Å²) in [6.07, 6.45) is 0. The van der Waals surface area contributed by atoms with E-state index in [1.165, 1.54) is 24.3 Å². The van der Waals surface area contributed by atoms with E-state index in [1.54, 1.807) is 18.2 Å². The smallest absolute Gasteiger partial charge is 0.255 e. The lowest BCUT2D eigenvalue weighted by Gasteiger charge is -2.07. The second-order valence-corrected chi connectivity index (χ2v) is 7.10. The van der Waals surface area contributed by atoms with Gasteiger partial charge in [0.1, 0.15) is 0 Å². The molecule has 0 unspecified atom stereocenters. The first kappa shape index (κ1) is 16.0. The molecule has 8 heteroatoms. The molecule has 2 rings (SSSR count). The molecule has 0 aliphatic carbocycles. The molecule has 0 bridgehead atoms. The van der Waals surface area contributed by atoms with Crippen LogP contribution in [0.15, 0.2) is 51.8 Å². The fourth-order valence-corrected chi connectivity index (χ4v) is 3.06. The number of benzene rings is 2. The van der Waals surface area contributed by atoms with Crippen molar-refractivity contribution in [3.05, 3.63) is 57.5 Å². The molecule has 2 aromatic rings. The highest BCUT2D eigenvalue weighted by atomic mass is 79.9. The Morgan fingerprint density at radius 2 is 1.90 bits per heavy atom. The SMILES string of the molecule is NS(=O)(=O)c1cccc(NC(=O)c2cc(Cl)cc(Br)c2)c1. The van der Waals surface area contributed by atoms with Crippen molar-refractivity contribution in [2.75, 3.05) is 5.32 Å². The van der Waals surface area contributed by atoms with Crippen LogP contribution in [-0.2, 0) is 10.0 Å². The van der Waals surface area contributed by atoms with Gasteiger partial charge in [0.15, 0.2) is 0 Å². The van der Waals surface area contributed by atoms with E-state index >= 15 is 0 Å². The number of carbonyl (C=O) groups excluding carboxylic acids is 1. The van der Waals surface area contributed by atoms with Gasteiger partial charge in [-0.2, -0.15) is 0 Å². The van der Waals surface area contributed by atoms with Gasteiger partial charge in [0.05, 0.1) is 4.90 Å². The van der Waals surface area contributed by atoms with Crippen LogP contribution in [-0.4, -0.2) is 14.3 Å². The first-order valence-corrected chi connectivity index (χ1v) is 8.38. The topological polar surface area (TPSA) is 89.3 Å². The Morgan fingerprint density at radius 3 is 2.52 bits per heavy atom. The standard InChI is InChI=1S/C13H10BrClN2O3S/c14-9-4-8(5-10(15)6-9)13(18)17-11-2-1-3-12(7-11)21(16,19)20/h1-7H,(H,17,18)(H2,16,19,20). The lowest BCUT2D eigenvalue weighted by Crippen LogP contribution is -2.14. The summed E-state index contributed by atoms with van der Waals surface area (Å²) in [5.41, 5.74) is 0.665. The predicted octanol–water partition coefficient (Wildman–Crippen LogP) is 3.00. The van der Waals surface area contributed by atoms with E-state index in [-0.39, 0.29) is 4.90 Å². The fourth-order valence-electron chi connectivity index (χ4n) is 1.64. The predicted molar refractivity (Wildman–Crippen MR) is 84.9 cm³/mol. The lowest BCUT2D eigenvalue weighted by molar-refractivity contribution is 0.102. The maximum Gasteiger partial charge on any atom is 0.255 e. The number of amides is 1. The van der Waals surface area contributed by atoms with Crippen LogP contribution >= 0.6 is 27.5 Å². The van der Waals surface area contributed by atoms with Crippen molar-refractivity contribution in [3.63, 3.8) is 0 Å². The number of primary sulfonamides is 1. The van der Waals surface area contributed by atoms with Crippen LogP contribution in [0.25, 0.3) is 0 Å². The van der Waals surface area contributed by atoms with Gasteiger partial charge in [-0.3, -0.25) is 4.79 Å². The van der Waals surface area contributed by atoms with E-state index < -0.39 is 15.9 Å². The minimum absolute atomic E-state index is 0.0763. The maximum absolute atomic E-state index is 12.1. The summed E-state index contributed by atoms with van der Waals surface area (Å²) in [6, 6.07) is 10.4. The average Bonchev–Trinajstić information content (AvgIpc) is 2.37. The summed E-state index contributed by atoms with van der Waals surface area (Å²) >= 11 is 9.12. The van der Waals surface area contributed by atoms with Gasteiger partial charge < -0.3 is 5.32 Å². The van der Waals surface area contributed by atoms with Crippen molar-refractivity contribution in [1.82, 2.24) is 0 Å². The Labute approximate surface area is 135 Å². The number of anilines is 1. The molecule has 110 valence electrons. The van der Waals surface area contributed by atoms with Gasteiger partial charge in [0.25, 0.3) is 5.91 Å². The first-order valence-electron chi connectivity index (χ1n) is 5.66. The van der Waals surface area contributed by atoms with Gasteiger partial charge in [-0.15, -0.1) is 0 Å². The Bertz CT molecular complexity index is 789. The largest absolute Gasteiger partial charge is 0.322 e. The second kappa shape index (κ2) is 6.15.